The first-order valence-corrected chi connectivity index (χ1v) is 7.42. The molecule has 6 nitrogen and oxygen atoms in total. The van der Waals surface area contributed by atoms with Crippen molar-refractivity contribution in [3.8, 4) is 0 Å². The van der Waals surface area contributed by atoms with Crippen LogP contribution in [0.1, 0.15) is 17.1 Å². The first kappa shape index (κ1) is 13.7. The SMILES string of the molecule is CNc1cc(C)nc(Cn2cnc3c(C)csc3c2=O)n1. The van der Waals surface area contributed by atoms with Gasteiger partial charge in [-0.25, -0.2) is 15.0 Å². The second-order valence-corrected chi connectivity index (χ2v) is 5.71. The number of hydrogen-bond acceptors (Lipinski definition) is 6. The van der Waals surface area contributed by atoms with Gasteiger partial charge in [0.05, 0.1) is 18.4 Å². The van der Waals surface area contributed by atoms with Crippen molar-refractivity contribution in [2.24, 2.45) is 0 Å². The van der Waals surface area contributed by atoms with Gasteiger partial charge in [0.25, 0.3) is 5.56 Å². The monoisotopic (exact) mass is 301 g/mol. The van der Waals surface area contributed by atoms with Crippen LogP contribution in [0.25, 0.3) is 10.2 Å². The Morgan fingerprint density at radius 2 is 2.14 bits per heavy atom. The van der Waals surface area contributed by atoms with Gasteiger partial charge < -0.3 is 5.32 Å². The van der Waals surface area contributed by atoms with Crippen molar-refractivity contribution in [1.29, 1.82) is 0 Å². The number of hydrogen-bond donors (Lipinski definition) is 1. The molecule has 0 bridgehead atoms. The molecule has 0 aliphatic rings. The van der Waals surface area contributed by atoms with Gasteiger partial charge in [0.15, 0.2) is 5.82 Å². The minimum atomic E-state index is -0.0470. The number of anilines is 1. The summed E-state index contributed by atoms with van der Waals surface area (Å²) in [6.45, 7) is 4.17. The van der Waals surface area contributed by atoms with Crippen LogP contribution in [-0.4, -0.2) is 26.6 Å². The van der Waals surface area contributed by atoms with E-state index in [9.17, 15) is 4.79 Å². The summed E-state index contributed by atoms with van der Waals surface area (Å²) < 4.78 is 2.23. The smallest absolute Gasteiger partial charge is 0.271 e. The normalized spacial score (nSPS) is 11.0. The second kappa shape index (κ2) is 5.25. The van der Waals surface area contributed by atoms with Gasteiger partial charge >= 0.3 is 0 Å². The van der Waals surface area contributed by atoms with Crippen molar-refractivity contribution in [2.45, 2.75) is 20.4 Å². The Bertz CT molecular complexity index is 867. The van der Waals surface area contributed by atoms with Gasteiger partial charge in [-0.15, -0.1) is 11.3 Å². The van der Waals surface area contributed by atoms with Gasteiger partial charge in [-0.2, -0.15) is 0 Å². The summed E-state index contributed by atoms with van der Waals surface area (Å²) in [6, 6.07) is 1.86. The molecule has 1 N–H and O–H groups in total. The van der Waals surface area contributed by atoms with E-state index in [-0.39, 0.29) is 5.56 Å². The number of nitrogens with zero attached hydrogens (tertiary/aromatic N) is 4. The molecule has 0 aliphatic heterocycles. The highest BCUT2D eigenvalue weighted by Crippen LogP contribution is 2.19. The summed E-state index contributed by atoms with van der Waals surface area (Å²) in [7, 11) is 1.81. The van der Waals surface area contributed by atoms with Crippen LogP contribution in [0, 0.1) is 13.8 Å². The molecule has 7 heteroatoms. The number of rotatable bonds is 3. The zero-order valence-corrected chi connectivity index (χ0v) is 12.9. The highest BCUT2D eigenvalue weighted by Gasteiger charge is 2.10. The lowest BCUT2D eigenvalue weighted by Gasteiger charge is -2.07. The van der Waals surface area contributed by atoms with E-state index in [4.69, 9.17) is 0 Å². The van der Waals surface area contributed by atoms with E-state index in [1.54, 1.807) is 17.9 Å². The number of nitrogens with one attached hydrogen (secondary N) is 1. The number of fused-ring (bicyclic) bond motifs is 1. The van der Waals surface area contributed by atoms with Gasteiger partial charge in [0.1, 0.15) is 10.5 Å². The maximum absolute atomic E-state index is 12.4. The minimum Gasteiger partial charge on any atom is -0.373 e. The summed E-state index contributed by atoms with van der Waals surface area (Å²) in [5.41, 5.74) is 2.62. The third-order valence-electron chi connectivity index (χ3n) is 3.19. The van der Waals surface area contributed by atoms with Gasteiger partial charge in [-0.3, -0.25) is 9.36 Å². The quantitative estimate of drug-likeness (QED) is 0.800. The van der Waals surface area contributed by atoms with Crippen LogP contribution in [0.2, 0.25) is 0 Å². The lowest BCUT2D eigenvalue weighted by Crippen LogP contribution is -2.21. The van der Waals surface area contributed by atoms with Crippen molar-refractivity contribution in [1.82, 2.24) is 19.5 Å². The van der Waals surface area contributed by atoms with Crippen molar-refractivity contribution >= 4 is 27.4 Å². The van der Waals surface area contributed by atoms with E-state index in [0.29, 0.717) is 17.1 Å². The maximum atomic E-state index is 12.4. The van der Waals surface area contributed by atoms with Crippen LogP contribution in [0.4, 0.5) is 5.82 Å². The van der Waals surface area contributed by atoms with E-state index in [0.717, 1.165) is 22.6 Å². The van der Waals surface area contributed by atoms with E-state index >= 15 is 0 Å². The molecular weight excluding hydrogens is 286 g/mol. The summed E-state index contributed by atoms with van der Waals surface area (Å²) in [5.74, 6) is 1.34. The number of thiophene rings is 1. The van der Waals surface area contributed by atoms with E-state index in [1.165, 1.54) is 11.3 Å². The Kier molecular flexibility index (Phi) is 3.42. The van der Waals surface area contributed by atoms with Crippen molar-refractivity contribution < 1.29 is 0 Å². The first-order chi connectivity index (χ1) is 10.1. The lowest BCUT2D eigenvalue weighted by atomic mass is 10.3. The Morgan fingerprint density at radius 1 is 1.33 bits per heavy atom. The highest BCUT2D eigenvalue weighted by molar-refractivity contribution is 7.17. The molecule has 0 saturated carbocycles. The fourth-order valence-electron chi connectivity index (χ4n) is 2.15. The lowest BCUT2D eigenvalue weighted by molar-refractivity contribution is 0.704. The highest BCUT2D eigenvalue weighted by atomic mass is 32.1. The topological polar surface area (TPSA) is 72.7 Å². The molecule has 3 aromatic heterocycles. The average molecular weight is 301 g/mol. The molecule has 3 aromatic rings. The third-order valence-corrected chi connectivity index (χ3v) is 4.27. The van der Waals surface area contributed by atoms with Crippen molar-refractivity contribution in [3.63, 3.8) is 0 Å². The molecule has 0 aliphatic carbocycles. The molecule has 0 aromatic carbocycles. The third kappa shape index (κ3) is 2.52. The second-order valence-electron chi connectivity index (χ2n) is 4.83. The molecule has 21 heavy (non-hydrogen) atoms. The van der Waals surface area contributed by atoms with E-state index in [1.807, 2.05) is 25.3 Å². The molecule has 0 atom stereocenters. The zero-order valence-electron chi connectivity index (χ0n) is 12.0. The minimum absolute atomic E-state index is 0.0470. The van der Waals surface area contributed by atoms with Gasteiger partial charge in [-0.1, -0.05) is 0 Å². The van der Waals surface area contributed by atoms with Crippen LogP contribution >= 0.6 is 11.3 Å². The molecular formula is C14H15N5OS. The number of aryl methyl sites for hydroxylation is 2. The molecule has 0 unspecified atom stereocenters. The van der Waals surface area contributed by atoms with Crippen molar-refractivity contribution in [3.05, 3.63) is 45.2 Å². The summed E-state index contributed by atoms with van der Waals surface area (Å²) in [6.07, 6.45) is 1.56. The average Bonchev–Trinajstić information content (AvgIpc) is 2.83. The van der Waals surface area contributed by atoms with Crippen LogP contribution in [0.3, 0.4) is 0 Å². The van der Waals surface area contributed by atoms with Crippen LogP contribution in [-0.2, 0) is 6.54 Å². The fourth-order valence-corrected chi connectivity index (χ4v) is 3.10. The van der Waals surface area contributed by atoms with Crippen LogP contribution in [0.5, 0.6) is 0 Å². The predicted molar refractivity (Wildman–Crippen MR) is 84.0 cm³/mol. The fraction of sp³-hybridized carbons (Fsp3) is 0.286. The summed E-state index contributed by atoms with van der Waals surface area (Å²) in [5, 5.41) is 4.94. The molecule has 0 amide bonds. The molecule has 0 fully saturated rings. The summed E-state index contributed by atoms with van der Waals surface area (Å²) in [4.78, 5) is 25.5. The predicted octanol–water partition coefficient (Wildman–Crippen LogP) is 1.95. The molecule has 3 heterocycles. The Balaban J connectivity index is 2.04. The largest absolute Gasteiger partial charge is 0.373 e. The Morgan fingerprint density at radius 3 is 2.90 bits per heavy atom. The van der Waals surface area contributed by atoms with Gasteiger partial charge in [0.2, 0.25) is 0 Å². The number of aromatic nitrogens is 4. The Hall–Kier alpha value is -2.28. The van der Waals surface area contributed by atoms with Crippen LogP contribution < -0.4 is 10.9 Å². The standard InChI is InChI=1S/C14H15N5OS/c1-8-6-21-13-12(8)16-7-19(14(13)20)5-11-17-9(2)4-10(15-3)18-11/h4,6-7H,5H2,1-3H3,(H,15,17,18). The zero-order chi connectivity index (χ0) is 15.0. The van der Waals surface area contributed by atoms with Gasteiger partial charge in [-0.05, 0) is 24.8 Å². The molecule has 0 saturated heterocycles. The van der Waals surface area contributed by atoms with Crippen molar-refractivity contribution in [2.75, 3.05) is 12.4 Å². The maximum Gasteiger partial charge on any atom is 0.271 e. The molecule has 3 rings (SSSR count). The van der Waals surface area contributed by atoms with Gasteiger partial charge in [0, 0.05) is 18.8 Å². The Labute approximate surface area is 125 Å². The van der Waals surface area contributed by atoms with E-state index in [2.05, 4.69) is 20.3 Å². The van der Waals surface area contributed by atoms with E-state index < -0.39 is 0 Å². The molecule has 0 radical (unpaired) electrons. The first-order valence-electron chi connectivity index (χ1n) is 6.54. The molecule has 0 spiro atoms. The summed E-state index contributed by atoms with van der Waals surface area (Å²) >= 11 is 1.43. The van der Waals surface area contributed by atoms with Crippen LogP contribution in [0.15, 0.2) is 22.6 Å². The molecule has 108 valence electrons.